The minimum atomic E-state index is -0.530. The lowest BCUT2D eigenvalue weighted by atomic mass is 9.92. The van der Waals surface area contributed by atoms with Crippen LogP contribution in [0.15, 0.2) is 35.3 Å². The Morgan fingerprint density at radius 3 is 2.84 bits per heavy atom. The van der Waals surface area contributed by atoms with Crippen molar-refractivity contribution in [1.82, 2.24) is 10.2 Å². The third-order valence-corrected chi connectivity index (χ3v) is 3.56. The number of rotatable bonds is 2. The molecule has 1 atom stereocenters. The molecule has 19 heavy (non-hydrogen) atoms. The molecule has 98 valence electrons. The second-order valence-corrected chi connectivity index (χ2v) is 4.94. The fourth-order valence-corrected chi connectivity index (χ4v) is 2.62. The van der Waals surface area contributed by atoms with E-state index in [4.69, 9.17) is 0 Å². The van der Waals surface area contributed by atoms with Gasteiger partial charge in [0.05, 0.1) is 11.6 Å². The molecule has 3 amide bonds. The fourth-order valence-electron chi connectivity index (χ4n) is 2.62. The van der Waals surface area contributed by atoms with Gasteiger partial charge in [-0.15, -0.1) is 0 Å². The number of imide groups is 1. The van der Waals surface area contributed by atoms with Crippen molar-refractivity contribution >= 4 is 17.6 Å². The average Bonchev–Trinajstić information content (AvgIpc) is 2.39. The van der Waals surface area contributed by atoms with Gasteiger partial charge in [0.1, 0.15) is 0 Å². The highest BCUT2D eigenvalue weighted by Crippen LogP contribution is 2.20. The highest BCUT2D eigenvalue weighted by Gasteiger charge is 2.35. The second-order valence-electron chi connectivity index (χ2n) is 4.94. The minimum Gasteiger partial charge on any atom is -0.294 e. The van der Waals surface area contributed by atoms with Crippen LogP contribution >= 0.6 is 0 Å². The topological polar surface area (TPSA) is 61.8 Å². The van der Waals surface area contributed by atoms with Gasteiger partial charge in [-0.3, -0.25) is 15.0 Å². The second kappa shape index (κ2) is 4.93. The predicted octanol–water partition coefficient (Wildman–Crippen LogP) is 1.20. The molecular weight excluding hydrogens is 242 g/mol. The number of carbonyl (C=O) groups excluding carboxylic acids is 2. The molecule has 1 saturated heterocycles. The molecule has 1 N–H and O–H groups in total. The lowest BCUT2D eigenvalue weighted by Crippen LogP contribution is -2.51. The maximum atomic E-state index is 11.7. The van der Waals surface area contributed by atoms with Gasteiger partial charge in [-0.25, -0.2) is 9.79 Å². The quantitative estimate of drug-likeness (QED) is 0.866. The van der Waals surface area contributed by atoms with Crippen LogP contribution < -0.4 is 5.32 Å². The van der Waals surface area contributed by atoms with Gasteiger partial charge in [-0.1, -0.05) is 30.3 Å². The van der Waals surface area contributed by atoms with Gasteiger partial charge >= 0.3 is 6.03 Å². The van der Waals surface area contributed by atoms with Crippen LogP contribution in [-0.4, -0.2) is 35.6 Å². The summed E-state index contributed by atoms with van der Waals surface area (Å²) in [6, 6.07) is 9.63. The van der Waals surface area contributed by atoms with Gasteiger partial charge in [-0.2, -0.15) is 0 Å². The van der Waals surface area contributed by atoms with Crippen molar-refractivity contribution in [3.8, 4) is 0 Å². The molecule has 1 fully saturated rings. The predicted molar refractivity (Wildman–Crippen MR) is 70.8 cm³/mol. The summed E-state index contributed by atoms with van der Waals surface area (Å²) in [7, 11) is 0. The van der Waals surface area contributed by atoms with E-state index in [-0.39, 0.29) is 11.8 Å². The number of carbonyl (C=O) groups is 2. The van der Waals surface area contributed by atoms with Crippen LogP contribution in [0.5, 0.6) is 0 Å². The molecule has 0 spiro atoms. The van der Waals surface area contributed by atoms with Crippen molar-refractivity contribution in [1.29, 1.82) is 0 Å². The van der Waals surface area contributed by atoms with Crippen molar-refractivity contribution in [2.45, 2.75) is 13.0 Å². The number of fused-ring (bicyclic) bond motifs is 1. The van der Waals surface area contributed by atoms with Crippen LogP contribution in [0.25, 0.3) is 0 Å². The Bertz CT molecular complexity index is 539. The number of likely N-dealkylation sites (tertiary alicyclic amines) is 1. The fraction of sp³-hybridized carbons (Fsp3) is 0.357. The van der Waals surface area contributed by atoms with E-state index < -0.39 is 6.03 Å². The summed E-state index contributed by atoms with van der Waals surface area (Å²) in [5.41, 5.74) is 1.93. The van der Waals surface area contributed by atoms with E-state index >= 15 is 0 Å². The van der Waals surface area contributed by atoms with E-state index in [1.54, 1.807) is 0 Å². The summed E-state index contributed by atoms with van der Waals surface area (Å²) < 4.78 is 0. The number of nitrogens with one attached hydrogen (secondary N) is 1. The van der Waals surface area contributed by atoms with Crippen LogP contribution in [0.2, 0.25) is 0 Å². The van der Waals surface area contributed by atoms with Crippen LogP contribution in [-0.2, 0) is 11.3 Å². The summed E-state index contributed by atoms with van der Waals surface area (Å²) in [5.74, 6) is -0.418. The van der Waals surface area contributed by atoms with E-state index in [1.165, 1.54) is 5.56 Å². The lowest BCUT2D eigenvalue weighted by Gasteiger charge is -2.33. The van der Waals surface area contributed by atoms with Crippen molar-refractivity contribution in [2.24, 2.45) is 10.9 Å². The van der Waals surface area contributed by atoms with Crippen LogP contribution in [0.1, 0.15) is 12.0 Å². The van der Waals surface area contributed by atoms with Crippen molar-refractivity contribution in [3.05, 3.63) is 35.9 Å². The average molecular weight is 257 g/mol. The molecule has 2 heterocycles. The first-order valence-corrected chi connectivity index (χ1v) is 6.41. The molecule has 0 aromatic heterocycles. The molecule has 0 bridgehead atoms. The van der Waals surface area contributed by atoms with Gasteiger partial charge in [-0.05, 0) is 12.0 Å². The minimum absolute atomic E-state index is 0.200. The molecule has 0 aliphatic carbocycles. The van der Waals surface area contributed by atoms with Crippen molar-refractivity contribution in [3.63, 3.8) is 0 Å². The smallest absolute Gasteiger partial charge is 0.294 e. The van der Waals surface area contributed by atoms with E-state index in [0.29, 0.717) is 12.3 Å². The number of aliphatic imine (C=N–C) groups is 1. The molecule has 2 aliphatic heterocycles. The summed E-state index contributed by atoms with van der Waals surface area (Å²) >= 11 is 0. The Morgan fingerprint density at radius 1 is 1.26 bits per heavy atom. The Morgan fingerprint density at radius 2 is 2.05 bits per heavy atom. The first kappa shape index (κ1) is 12.0. The lowest BCUT2D eigenvalue weighted by molar-refractivity contribution is -0.122. The highest BCUT2D eigenvalue weighted by molar-refractivity contribution is 6.17. The molecule has 1 aromatic carbocycles. The van der Waals surface area contributed by atoms with Crippen LogP contribution in [0, 0.1) is 5.92 Å². The summed E-state index contributed by atoms with van der Waals surface area (Å²) in [6.45, 7) is 2.27. The maximum Gasteiger partial charge on any atom is 0.347 e. The molecule has 5 nitrogen and oxygen atoms in total. The highest BCUT2D eigenvalue weighted by atomic mass is 16.2. The Labute approximate surface area is 111 Å². The number of hydrogen-bond acceptors (Lipinski definition) is 3. The molecule has 3 rings (SSSR count). The van der Waals surface area contributed by atoms with Gasteiger partial charge in [0.15, 0.2) is 0 Å². The van der Waals surface area contributed by atoms with E-state index in [2.05, 4.69) is 27.3 Å². The zero-order valence-electron chi connectivity index (χ0n) is 10.5. The van der Waals surface area contributed by atoms with Gasteiger partial charge in [0.2, 0.25) is 5.91 Å². The molecular formula is C14H15N3O2. The molecule has 2 aliphatic rings. The number of piperidine rings is 1. The Kier molecular flexibility index (Phi) is 3.13. The zero-order chi connectivity index (χ0) is 13.2. The SMILES string of the molecule is O=C1N=C2CN(Cc3ccccc3)CCC2C(=O)N1. The Hall–Kier alpha value is -2.01. The van der Waals surface area contributed by atoms with Crippen LogP contribution in [0.3, 0.4) is 0 Å². The normalized spacial score (nSPS) is 23.6. The first-order valence-electron chi connectivity index (χ1n) is 6.41. The van der Waals surface area contributed by atoms with Gasteiger partial charge < -0.3 is 0 Å². The molecule has 1 unspecified atom stereocenters. The summed E-state index contributed by atoms with van der Waals surface area (Å²) in [5, 5.41) is 2.26. The van der Waals surface area contributed by atoms with Crippen LogP contribution in [0.4, 0.5) is 4.79 Å². The number of benzene rings is 1. The maximum absolute atomic E-state index is 11.7. The first-order chi connectivity index (χ1) is 9.22. The van der Waals surface area contributed by atoms with Gasteiger partial charge in [0.25, 0.3) is 0 Å². The third kappa shape index (κ3) is 2.56. The number of amides is 3. The summed E-state index contributed by atoms with van der Waals surface area (Å²) in [4.78, 5) is 29.1. The Balaban J connectivity index is 1.72. The van der Waals surface area contributed by atoms with Crippen molar-refractivity contribution in [2.75, 3.05) is 13.1 Å². The largest absolute Gasteiger partial charge is 0.347 e. The third-order valence-electron chi connectivity index (χ3n) is 3.56. The van der Waals surface area contributed by atoms with Gasteiger partial charge in [0, 0.05) is 19.6 Å². The number of urea groups is 1. The van der Waals surface area contributed by atoms with E-state index in [1.807, 2.05) is 18.2 Å². The summed E-state index contributed by atoms with van der Waals surface area (Å²) in [6.07, 6.45) is 0.727. The van der Waals surface area contributed by atoms with E-state index in [9.17, 15) is 9.59 Å². The van der Waals surface area contributed by atoms with E-state index in [0.717, 1.165) is 19.5 Å². The molecule has 0 saturated carbocycles. The zero-order valence-corrected chi connectivity index (χ0v) is 10.5. The number of nitrogens with zero attached hydrogens (tertiary/aromatic N) is 2. The standard InChI is InChI=1S/C14H15N3O2/c18-13-11-6-7-17(8-10-4-2-1-3-5-10)9-12(11)15-14(19)16-13/h1-5,11H,6-9H2,(H,16,18,19). The monoisotopic (exact) mass is 257 g/mol. The molecule has 5 heteroatoms. The molecule has 1 aromatic rings. The van der Waals surface area contributed by atoms with Crippen molar-refractivity contribution < 1.29 is 9.59 Å². The molecule has 0 radical (unpaired) electrons. The number of hydrogen-bond donors (Lipinski definition) is 1.